The van der Waals surface area contributed by atoms with E-state index in [1.54, 1.807) is 24.3 Å². The van der Waals surface area contributed by atoms with E-state index in [4.69, 9.17) is 0 Å². The molecule has 0 fully saturated rings. The molecule has 0 heterocycles. The Morgan fingerprint density at radius 1 is 1.16 bits per heavy atom. The molecule has 0 bridgehead atoms. The molecule has 8 heteroatoms. The summed E-state index contributed by atoms with van der Waals surface area (Å²) in [6, 6.07) is 12.3. The number of thioether (sulfide) groups is 1. The number of rotatable bonds is 7. The van der Waals surface area contributed by atoms with Crippen LogP contribution in [-0.2, 0) is 20.6 Å². The quantitative estimate of drug-likeness (QED) is 0.800. The van der Waals surface area contributed by atoms with Crippen molar-refractivity contribution in [1.29, 1.82) is 0 Å². The van der Waals surface area contributed by atoms with Crippen molar-refractivity contribution < 1.29 is 17.6 Å². The summed E-state index contributed by atoms with van der Waals surface area (Å²) in [6.07, 6.45) is 0. The topological polar surface area (TPSA) is 66.5 Å². The lowest BCUT2D eigenvalue weighted by atomic mass is 10.2. The summed E-state index contributed by atoms with van der Waals surface area (Å²) < 4.78 is 38.5. The summed E-state index contributed by atoms with van der Waals surface area (Å²) in [5.41, 5.74) is 1.22. The summed E-state index contributed by atoms with van der Waals surface area (Å²) in [4.78, 5) is 12.1. The molecule has 0 radical (unpaired) electrons. The molecule has 2 aromatic rings. The maximum Gasteiger partial charge on any atom is 0.242 e. The molecule has 25 heavy (non-hydrogen) atoms. The minimum Gasteiger partial charge on any atom is -0.325 e. The Balaban J connectivity index is 1.91. The second kappa shape index (κ2) is 8.46. The van der Waals surface area contributed by atoms with E-state index in [1.165, 1.54) is 44.1 Å². The molecule has 0 unspecified atom stereocenters. The average Bonchev–Trinajstić information content (AvgIpc) is 2.55. The van der Waals surface area contributed by atoms with Crippen molar-refractivity contribution in [3.8, 4) is 0 Å². The number of hydrogen-bond donors (Lipinski definition) is 1. The normalized spacial score (nSPS) is 11.5. The van der Waals surface area contributed by atoms with Crippen LogP contribution >= 0.6 is 11.8 Å². The van der Waals surface area contributed by atoms with Crippen molar-refractivity contribution in [2.45, 2.75) is 10.6 Å². The third-order valence-corrected chi connectivity index (χ3v) is 6.10. The number of nitrogens with zero attached hydrogens (tertiary/aromatic N) is 1. The molecule has 134 valence electrons. The van der Waals surface area contributed by atoms with Crippen LogP contribution in [0.3, 0.4) is 0 Å². The molecular weight excluding hydrogens is 363 g/mol. The van der Waals surface area contributed by atoms with Gasteiger partial charge in [-0.2, -0.15) is 0 Å². The van der Waals surface area contributed by atoms with E-state index >= 15 is 0 Å². The highest BCUT2D eigenvalue weighted by Crippen LogP contribution is 2.19. The number of benzene rings is 2. The van der Waals surface area contributed by atoms with Gasteiger partial charge in [0.15, 0.2) is 0 Å². The first-order valence-electron chi connectivity index (χ1n) is 7.43. The first-order valence-corrected chi connectivity index (χ1v) is 10.0. The van der Waals surface area contributed by atoms with Crippen molar-refractivity contribution in [3.63, 3.8) is 0 Å². The van der Waals surface area contributed by atoms with Crippen molar-refractivity contribution in [3.05, 3.63) is 59.9 Å². The third kappa shape index (κ3) is 5.55. The Hall–Kier alpha value is -1.90. The van der Waals surface area contributed by atoms with Crippen LogP contribution in [0.4, 0.5) is 10.1 Å². The van der Waals surface area contributed by atoms with E-state index in [-0.39, 0.29) is 16.6 Å². The maximum absolute atomic E-state index is 13.1. The highest BCUT2D eigenvalue weighted by Gasteiger charge is 2.17. The van der Waals surface area contributed by atoms with E-state index in [2.05, 4.69) is 5.32 Å². The number of carbonyl (C=O) groups is 1. The van der Waals surface area contributed by atoms with Crippen LogP contribution in [0.15, 0.2) is 53.4 Å². The van der Waals surface area contributed by atoms with Gasteiger partial charge in [0.2, 0.25) is 15.9 Å². The number of halogens is 1. The fourth-order valence-corrected chi connectivity index (χ4v) is 3.78. The van der Waals surface area contributed by atoms with Gasteiger partial charge < -0.3 is 5.32 Å². The first kappa shape index (κ1) is 19.4. The van der Waals surface area contributed by atoms with Crippen molar-refractivity contribution in [1.82, 2.24) is 4.31 Å². The van der Waals surface area contributed by atoms with Crippen LogP contribution in [0.25, 0.3) is 0 Å². The van der Waals surface area contributed by atoms with Crippen LogP contribution in [0.5, 0.6) is 0 Å². The molecular formula is C17H19FN2O3S2. The van der Waals surface area contributed by atoms with Gasteiger partial charge in [-0.15, -0.1) is 11.8 Å². The number of nitrogens with one attached hydrogen (secondary N) is 1. The highest BCUT2D eigenvalue weighted by atomic mass is 32.2. The number of carbonyl (C=O) groups excluding carboxylic acids is 1. The molecule has 0 spiro atoms. The largest absolute Gasteiger partial charge is 0.325 e. The minimum absolute atomic E-state index is 0.182. The zero-order valence-electron chi connectivity index (χ0n) is 13.9. The molecule has 0 aliphatic carbocycles. The Morgan fingerprint density at radius 3 is 2.56 bits per heavy atom. The molecule has 0 aliphatic rings. The molecule has 2 rings (SSSR count). The Kier molecular flexibility index (Phi) is 6.57. The molecule has 0 aliphatic heterocycles. The standard InChI is InChI=1S/C17H19FN2O3S2/c1-20(2)25(22,23)16-8-3-5-13(9-16)11-24-12-17(21)19-15-7-4-6-14(18)10-15/h3-10H,11-12H2,1-2H3,(H,19,21). The Morgan fingerprint density at radius 2 is 1.88 bits per heavy atom. The number of anilines is 1. The first-order chi connectivity index (χ1) is 11.8. The van der Waals surface area contributed by atoms with Crippen molar-refractivity contribution in [2.24, 2.45) is 0 Å². The van der Waals surface area contributed by atoms with E-state index in [1.807, 2.05) is 6.07 Å². The van der Waals surface area contributed by atoms with Crippen LogP contribution in [0.1, 0.15) is 5.56 Å². The lowest BCUT2D eigenvalue weighted by Gasteiger charge is -2.12. The van der Waals surface area contributed by atoms with Gasteiger partial charge in [-0.05, 0) is 35.9 Å². The predicted molar refractivity (Wildman–Crippen MR) is 98.5 cm³/mol. The molecule has 1 N–H and O–H groups in total. The van der Waals surface area contributed by atoms with Crippen LogP contribution < -0.4 is 5.32 Å². The van der Waals surface area contributed by atoms with E-state index in [0.29, 0.717) is 11.4 Å². The highest BCUT2D eigenvalue weighted by molar-refractivity contribution is 7.99. The van der Waals surface area contributed by atoms with E-state index in [9.17, 15) is 17.6 Å². The minimum atomic E-state index is -3.48. The zero-order valence-corrected chi connectivity index (χ0v) is 15.5. The van der Waals surface area contributed by atoms with E-state index in [0.717, 1.165) is 9.87 Å². The third-order valence-electron chi connectivity index (χ3n) is 3.29. The SMILES string of the molecule is CN(C)S(=O)(=O)c1cccc(CSCC(=O)Nc2cccc(F)c2)c1. The Bertz CT molecular complexity index is 854. The summed E-state index contributed by atoms with van der Waals surface area (Å²) >= 11 is 1.35. The van der Waals surface area contributed by atoms with Gasteiger partial charge in [0.05, 0.1) is 10.6 Å². The lowest BCUT2D eigenvalue weighted by molar-refractivity contribution is -0.113. The lowest BCUT2D eigenvalue weighted by Crippen LogP contribution is -2.22. The molecule has 0 saturated carbocycles. The van der Waals surface area contributed by atoms with Crippen molar-refractivity contribution >= 4 is 33.4 Å². The molecule has 0 aromatic heterocycles. The zero-order chi connectivity index (χ0) is 18.4. The van der Waals surface area contributed by atoms with Gasteiger partial charge in [0.25, 0.3) is 0 Å². The van der Waals surface area contributed by atoms with Gasteiger partial charge in [-0.1, -0.05) is 18.2 Å². The monoisotopic (exact) mass is 382 g/mol. The summed E-state index contributed by atoms with van der Waals surface area (Å²) in [5, 5.41) is 2.62. The molecule has 1 amide bonds. The maximum atomic E-state index is 13.1. The summed E-state index contributed by atoms with van der Waals surface area (Å²) in [5.74, 6) is 0.0196. The molecule has 5 nitrogen and oxygen atoms in total. The van der Waals surface area contributed by atoms with Gasteiger partial charge in [0, 0.05) is 25.5 Å². The van der Waals surface area contributed by atoms with Crippen LogP contribution in [0.2, 0.25) is 0 Å². The Labute approximate surface area is 151 Å². The number of sulfonamides is 1. The van der Waals surface area contributed by atoms with Gasteiger partial charge in [-0.25, -0.2) is 17.1 Å². The van der Waals surface area contributed by atoms with Crippen LogP contribution in [0, 0.1) is 5.82 Å². The second-order valence-corrected chi connectivity index (χ2v) is 8.62. The molecule has 0 saturated heterocycles. The van der Waals surface area contributed by atoms with Gasteiger partial charge in [-0.3, -0.25) is 4.79 Å². The predicted octanol–water partition coefficient (Wildman–Crippen LogP) is 2.95. The molecule has 2 aromatic carbocycles. The second-order valence-electron chi connectivity index (χ2n) is 5.49. The summed E-state index contributed by atoms with van der Waals surface area (Å²) in [7, 11) is -0.517. The van der Waals surface area contributed by atoms with Crippen molar-refractivity contribution in [2.75, 3.05) is 25.2 Å². The van der Waals surface area contributed by atoms with Crippen LogP contribution in [-0.4, -0.2) is 38.5 Å². The fourth-order valence-electron chi connectivity index (χ4n) is 2.03. The van der Waals surface area contributed by atoms with E-state index < -0.39 is 15.8 Å². The average molecular weight is 382 g/mol. The number of amides is 1. The summed E-state index contributed by atoms with van der Waals surface area (Å²) in [6.45, 7) is 0. The molecule has 0 atom stereocenters. The number of hydrogen-bond acceptors (Lipinski definition) is 4. The fraction of sp³-hybridized carbons (Fsp3) is 0.235. The van der Waals surface area contributed by atoms with Gasteiger partial charge >= 0.3 is 0 Å². The smallest absolute Gasteiger partial charge is 0.242 e. The van der Waals surface area contributed by atoms with Gasteiger partial charge in [0.1, 0.15) is 5.82 Å².